The standard InChI is InChI=1S/C17H14N4OS3/c1-9(2)15-20-21-17(25-15)19-14(22)12-7-8-13(23-12)16-18-10-5-3-4-6-11(10)24-16/h3-9H,1-2H3,(H,19,21,22). The number of hydrogen-bond donors (Lipinski definition) is 1. The average Bonchev–Trinajstić information content (AvgIpc) is 3.32. The SMILES string of the molecule is CC(C)c1nnc(NC(=O)c2ccc(-c3nc4ccccc4s3)s2)s1. The van der Waals surface area contributed by atoms with Crippen LogP contribution in [-0.4, -0.2) is 21.1 Å². The second kappa shape index (κ2) is 6.62. The van der Waals surface area contributed by atoms with Gasteiger partial charge in [-0.2, -0.15) is 0 Å². The number of aromatic nitrogens is 3. The lowest BCUT2D eigenvalue weighted by atomic mass is 10.2. The Morgan fingerprint density at radius 2 is 1.88 bits per heavy atom. The largest absolute Gasteiger partial charge is 0.296 e. The summed E-state index contributed by atoms with van der Waals surface area (Å²) in [5, 5.41) is 13.3. The number of nitrogens with one attached hydrogen (secondary N) is 1. The van der Waals surface area contributed by atoms with Crippen molar-refractivity contribution in [3.63, 3.8) is 0 Å². The third-order valence-electron chi connectivity index (χ3n) is 3.49. The van der Waals surface area contributed by atoms with Crippen LogP contribution >= 0.6 is 34.0 Å². The van der Waals surface area contributed by atoms with E-state index in [9.17, 15) is 4.79 Å². The highest BCUT2D eigenvalue weighted by atomic mass is 32.1. The number of fused-ring (bicyclic) bond motifs is 1. The van der Waals surface area contributed by atoms with Gasteiger partial charge in [-0.25, -0.2) is 4.98 Å². The van der Waals surface area contributed by atoms with Crippen molar-refractivity contribution in [2.75, 3.05) is 5.32 Å². The second-order valence-electron chi connectivity index (χ2n) is 5.70. The summed E-state index contributed by atoms with van der Waals surface area (Å²) in [5.41, 5.74) is 0.983. The molecule has 3 heterocycles. The van der Waals surface area contributed by atoms with Crippen LogP contribution in [0, 0.1) is 0 Å². The molecular formula is C17H14N4OS3. The predicted molar refractivity (Wildman–Crippen MR) is 105 cm³/mol. The fourth-order valence-corrected chi connectivity index (χ4v) is 4.89. The molecule has 0 saturated carbocycles. The summed E-state index contributed by atoms with van der Waals surface area (Å²) >= 11 is 4.48. The molecule has 1 aromatic carbocycles. The molecule has 0 atom stereocenters. The van der Waals surface area contributed by atoms with E-state index < -0.39 is 0 Å². The number of hydrogen-bond acceptors (Lipinski definition) is 7. The number of rotatable bonds is 4. The van der Waals surface area contributed by atoms with Crippen molar-refractivity contribution in [2.24, 2.45) is 0 Å². The zero-order valence-electron chi connectivity index (χ0n) is 13.5. The van der Waals surface area contributed by atoms with Gasteiger partial charge in [-0.1, -0.05) is 37.3 Å². The first-order valence-corrected chi connectivity index (χ1v) is 10.2. The van der Waals surface area contributed by atoms with Crippen LogP contribution in [0.15, 0.2) is 36.4 Å². The zero-order chi connectivity index (χ0) is 17.4. The summed E-state index contributed by atoms with van der Waals surface area (Å²) in [6.45, 7) is 4.10. The molecule has 1 amide bonds. The van der Waals surface area contributed by atoms with Gasteiger partial charge in [0.05, 0.1) is 20.0 Å². The van der Waals surface area contributed by atoms with Gasteiger partial charge in [0.1, 0.15) is 10.0 Å². The van der Waals surface area contributed by atoms with Crippen LogP contribution in [0.4, 0.5) is 5.13 Å². The molecule has 25 heavy (non-hydrogen) atoms. The van der Waals surface area contributed by atoms with Gasteiger partial charge < -0.3 is 0 Å². The summed E-state index contributed by atoms with van der Waals surface area (Å²) in [6.07, 6.45) is 0. The van der Waals surface area contributed by atoms with E-state index in [-0.39, 0.29) is 5.91 Å². The van der Waals surface area contributed by atoms with E-state index in [1.165, 1.54) is 22.7 Å². The molecule has 0 bridgehead atoms. The highest BCUT2D eigenvalue weighted by molar-refractivity contribution is 7.26. The van der Waals surface area contributed by atoms with Gasteiger partial charge >= 0.3 is 0 Å². The lowest BCUT2D eigenvalue weighted by molar-refractivity contribution is 0.103. The fourth-order valence-electron chi connectivity index (χ4n) is 2.23. The number of nitrogens with zero attached hydrogens (tertiary/aromatic N) is 3. The van der Waals surface area contributed by atoms with Gasteiger partial charge in [0.15, 0.2) is 0 Å². The van der Waals surface area contributed by atoms with Gasteiger partial charge in [-0.15, -0.1) is 32.9 Å². The van der Waals surface area contributed by atoms with Crippen LogP contribution in [0.3, 0.4) is 0 Å². The normalized spacial score (nSPS) is 11.3. The molecule has 0 spiro atoms. The number of thiophene rings is 1. The van der Waals surface area contributed by atoms with Crippen molar-refractivity contribution < 1.29 is 4.79 Å². The van der Waals surface area contributed by atoms with E-state index in [2.05, 4.69) is 40.4 Å². The van der Waals surface area contributed by atoms with Gasteiger partial charge in [-0.3, -0.25) is 10.1 Å². The van der Waals surface area contributed by atoms with Crippen molar-refractivity contribution in [3.8, 4) is 9.88 Å². The minimum absolute atomic E-state index is 0.163. The van der Waals surface area contributed by atoms with Crippen molar-refractivity contribution in [1.29, 1.82) is 0 Å². The number of amides is 1. The molecule has 3 aromatic heterocycles. The molecule has 0 aliphatic rings. The summed E-state index contributed by atoms with van der Waals surface area (Å²) < 4.78 is 1.15. The Morgan fingerprint density at radius 3 is 2.64 bits per heavy atom. The maximum Gasteiger partial charge on any atom is 0.267 e. The van der Waals surface area contributed by atoms with E-state index in [1.54, 1.807) is 11.3 Å². The molecule has 1 N–H and O–H groups in total. The summed E-state index contributed by atoms with van der Waals surface area (Å²) in [5.74, 6) is 0.138. The summed E-state index contributed by atoms with van der Waals surface area (Å²) in [4.78, 5) is 18.7. The summed E-state index contributed by atoms with van der Waals surface area (Å²) in [7, 11) is 0. The molecule has 5 nitrogen and oxygen atoms in total. The van der Waals surface area contributed by atoms with Crippen LogP contribution in [0.2, 0.25) is 0 Å². The molecular weight excluding hydrogens is 372 g/mol. The lowest BCUT2D eigenvalue weighted by Crippen LogP contribution is -2.09. The lowest BCUT2D eigenvalue weighted by Gasteiger charge is -1.97. The quantitative estimate of drug-likeness (QED) is 0.520. The first-order chi connectivity index (χ1) is 12.1. The minimum Gasteiger partial charge on any atom is -0.296 e. The first-order valence-electron chi connectivity index (χ1n) is 7.70. The van der Waals surface area contributed by atoms with Crippen LogP contribution < -0.4 is 5.32 Å². The zero-order valence-corrected chi connectivity index (χ0v) is 16.0. The molecule has 0 unspecified atom stereocenters. The monoisotopic (exact) mass is 386 g/mol. The van der Waals surface area contributed by atoms with E-state index in [0.717, 1.165) is 25.1 Å². The Labute approximate surface area is 156 Å². The van der Waals surface area contributed by atoms with Crippen molar-refractivity contribution in [1.82, 2.24) is 15.2 Å². The molecule has 4 aromatic rings. The Bertz CT molecular complexity index is 1010. The first kappa shape index (κ1) is 16.3. The Kier molecular flexibility index (Phi) is 4.32. The smallest absolute Gasteiger partial charge is 0.267 e. The van der Waals surface area contributed by atoms with E-state index >= 15 is 0 Å². The van der Waals surface area contributed by atoms with Gasteiger partial charge in [0.25, 0.3) is 5.91 Å². The average molecular weight is 387 g/mol. The van der Waals surface area contributed by atoms with Gasteiger partial charge in [0, 0.05) is 5.92 Å². The Balaban J connectivity index is 1.54. The highest BCUT2D eigenvalue weighted by Gasteiger charge is 2.15. The Morgan fingerprint density at radius 1 is 1.04 bits per heavy atom. The number of benzene rings is 1. The number of thiazole rings is 1. The number of carbonyl (C=O) groups excluding carboxylic acids is 1. The van der Waals surface area contributed by atoms with Crippen LogP contribution in [0.1, 0.15) is 34.4 Å². The van der Waals surface area contributed by atoms with Gasteiger partial charge in [0.2, 0.25) is 5.13 Å². The molecule has 4 rings (SSSR count). The molecule has 0 fully saturated rings. The topological polar surface area (TPSA) is 67.8 Å². The van der Waals surface area contributed by atoms with E-state index in [1.807, 2.05) is 30.3 Å². The maximum atomic E-state index is 12.4. The van der Waals surface area contributed by atoms with E-state index in [0.29, 0.717) is 15.9 Å². The summed E-state index contributed by atoms with van der Waals surface area (Å²) in [6, 6.07) is 11.8. The number of para-hydroxylation sites is 1. The molecule has 0 radical (unpaired) electrons. The molecule has 126 valence electrons. The third-order valence-corrected chi connectivity index (χ3v) is 6.92. The van der Waals surface area contributed by atoms with Crippen molar-refractivity contribution in [2.45, 2.75) is 19.8 Å². The predicted octanol–water partition coefficient (Wildman–Crippen LogP) is 5.25. The van der Waals surface area contributed by atoms with Crippen molar-refractivity contribution in [3.05, 3.63) is 46.3 Å². The molecule has 0 aliphatic heterocycles. The highest BCUT2D eigenvalue weighted by Crippen LogP contribution is 2.34. The van der Waals surface area contributed by atoms with Crippen LogP contribution in [-0.2, 0) is 0 Å². The van der Waals surface area contributed by atoms with Crippen molar-refractivity contribution >= 4 is 55.3 Å². The van der Waals surface area contributed by atoms with Crippen LogP contribution in [0.25, 0.3) is 20.1 Å². The fraction of sp³-hybridized carbons (Fsp3) is 0.176. The number of anilines is 1. The van der Waals surface area contributed by atoms with E-state index in [4.69, 9.17) is 0 Å². The van der Waals surface area contributed by atoms with Gasteiger partial charge in [-0.05, 0) is 24.3 Å². The maximum absolute atomic E-state index is 12.4. The molecule has 0 aliphatic carbocycles. The molecule has 8 heteroatoms. The Hall–Kier alpha value is -2.16. The second-order valence-corrected chi connectivity index (χ2v) is 8.83. The number of carbonyl (C=O) groups is 1. The van der Waals surface area contributed by atoms with Crippen LogP contribution in [0.5, 0.6) is 0 Å². The molecule has 0 saturated heterocycles. The minimum atomic E-state index is -0.163. The third kappa shape index (κ3) is 3.33.